The molecule has 0 bridgehead atoms. The van der Waals surface area contributed by atoms with Gasteiger partial charge < -0.3 is 9.80 Å². The van der Waals surface area contributed by atoms with Crippen LogP contribution in [0, 0.1) is 17.7 Å². The Hall–Kier alpha value is -3.43. The topological polar surface area (TPSA) is 79.9 Å². The molecule has 2 atom stereocenters. The average Bonchev–Trinajstić information content (AvgIpc) is 3.23. The highest BCUT2D eigenvalue weighted by Crippen LogP contribution is 2.40. The lowest BCUT2D eigenvalue weighted by atomic mass is 9.84. The number of anilines is 1. The molecule has 8 nitrogen and oxygen atoms in total. The Morgan fingerprint density at radius 3 is 2.25 bits per heavy atom. The summed E-state index contributed by atoms with van der Waals surface area (Å²) >= 11 is 12.6. The van der Waals surface area contributed by atoms with E-state index in [2.05, 4.69) is 9.89 Å². The van der Waals surface area contributed by atoms with Crippen molar-refractivity contribution in [2.45, 2.75) is 32.2 Å². The minimum atomic E-state index is -0.769. The SMILES string of the molecule is CC1=Nc2cc(=O)n(C(=O)C3CCC3)n2C(c2ccc(Cl)c(Cl)c2)C1C(=O)N1CCN(c2ccc(F)cc2)CC1. The fraction of sp³-hybridized carbons (Fsp3) is 0.379. The lowest BCUT2D eigenvalue weighted by molar-refractivity contribution is -0.134. The number of hydrogen-bond donors (Lipinski definition) is 0. The van der Waals surface area contributed by atoms with Gasteiger partial charge in [0.2, 0.25) is 5.91 Å². The van der Waals surface area contributed by atoms with Gasteiger partial charge in [0, 0.05) is 49.6 Å². The van der Waals surface area contributed by atoms with Crippen LogP contribution in [0.2, 0.25) is 10.0 Å². The predicted octanol–water partition coefficient (Wildman–Crippen LogP) is 5.20. The summed E-state index contributed by atoms with van der Waals surface area (Å²) in [7, 11) is 0. The van der Waals surface area contributed by atoms with Crippen LogP contribution in [-0.2, 0) is 4.79 Å². The molecule has 1 amide bonds. The van der Waals surface area contributed by atoms with E-state index in [9.17, 15) is 18.8 Å². The first-order chi connectivity index (χ1) is 19.2. The molecular weight excluding hydrogens is 556 g/mol. The van der Waals surface area contributed by atoms with Gasteiger partial charge in [-0.15, -0.1) is 0 Å². The van der Waals surface area contributed by atoms with E-state index in [1.165, 1.54) is 18.2 Å². The number of halogens is 3. The third-order valence-electron chi connectivity index (χ3n) is 8.23. The van der Waals surface area contributed by atoms with Crippen molar-refractivity contribution in [3.8, 4) is 0 Å². The van der Waals surface area contributed by atoms with Gasteiger partial charge in [-0.05, 0) is 61.7 Å². The number of piperazine rings is 1. The zero-order chi connectivity index (χ0) is 28.1. The maximum Gasteiger partial charge on any atom is 0.276 e. The molecule has 1 saturated carbocycles. The molecule has 2 aromatic carbocycles. The minimum absolute atomic E-state index is 0.148. The number of carbonyl (C=O) groups excluding carboxylic acids is 2. The van der Waals surface area contributed by atoms with E-state index in [0.717, 1.165) is 29.6 Å². The Kier molecular flexibility index (Phi) is 7.04. The molecule has 1 aromatic heterocycles. The summed E-state index contributed by atoms with van der Waals surface area (Å²) in [6.07, 6.45) is 2.40. The van der Waals surface area contributed by atoms with Gasteiger partial charge in [0.1, 0.15) is 11.7 Å². The molecular formula is C29H28Cl2FN5O3. The van der Waals surface area contributed by atoms with E-state index in [1.54, 1.807) is 46.8 Å². The fourth-order valence-corrected chi connectivity index (χ4v) is 6.14. The molecule has 1 aliphatic carbocycles. The largest absolute Gasteiger partial charge is 0.368 e. The molecule has 6 rings (SSSR count). The van der Waals surface area contributed by atoms with Crippen LogP contribution in [0.15, 0.2) is 58.3 Å². The lowest BCUT2D eigenvalue weighted by Gasteiger charge is -2.40. The van der Waals surface area contributed by atoms with Crippen molar-refractivity contribution in [1.29, 1.82) is 0 Å². The Morgan fingerprint density at radius 1 is 0.925 bits per heavy atom. The highest BCUT2D eigenvalue weighted by atomic mass is 35.5. The predicted molar refractivity (Wildman–Crippen MR) is 153 cm³/mol. The van der Waals surface area contributed by atoms with Crippen LogP contribution in [-0.4, -0.2) is 58.0 Å². The first-order valence-corrected chi connectivity index (χ1v) is 14.2. The number of rotatable bonds is 4. The summed E-state index contributed by atoms with van der Waals surface area (Å²) < 4.78 is 16.1. The van der Waals surface area contributed by atoms with Gasteiger partial charge >= 0.3 is 0 Å². The molecule has 3 aliphatic rings. The highest BCUT2D eigenvalue weighted by Gasteiger charge is 2.43. The first kappa shape index (κ1) is 26.8. The molecule has 0 radical (unpaired) electrons. The molecule has 3 heterocycles. The first-order valence-electron chi connectivity index (χ1n) is 13.4. The third-order valence-corrected chi connectivity index (χ3v) is 8.97. The monoisotopic (exact) mass is 583 g/mol. The molecule has 11 heteroatoms. The number of amides is 1. The van der Waals surface area contributed by atoms with Gasteiger partial charge in [-0.3, -0.25) is 14.4 Å². The minimum Gasteiger partial charge on any atom is -0.368 e. The van der Waals surface area contributed by atoms with Crippen molar-refractivity contribution in [3.05, 3.63) is 80.3 Å². The van der Waals surface area contributed by atoms with E-state index in [4.69, 9.17) is 23.2 Å². The maximum absolute atomic E-state index is 14.2. The van der Waals surface area contributed by atoms with Gasteiger partial charge in [-0.2, -0.15) is 4.68 Å². The summed E-state index contributed by atoms with van der Waals surface area (Å²) in [6, 6.07) is 12.1. The van der Waals surface area contributed by atoms with E-state index < -0.39 is 17.5 Å². The van der Waals surface area contributed by atoms with Crippen LogP contribution < -0.4 is 10.5 Å². The van der Waals surface area contributed by atoms with E-state index in [-0.39, 0.29) is 23.5 Å². The average molecular weight is 584 g/mol. The Labute approximate surface area is 240 Å². The van der Waals surface area contributed by atoms with Crippen LogP contribution in [0.1, 0.15) is 42.6 Å². The summed E-state index contributed by atoms with van der Waals surface area (Å²) in [5, 5.41) is 0.674. The van der Waals surface area contributed by atoms with Crippen molar-refractivity contribution < 1.29 is 14.0 Å². The summed E-state index contributed by atoms with van der Waals surface area (Å²) in [5.41, 5.74) is 1.64. The van der Waals surface area contributed by atoms with Crippen molar-refractivity contribution in [2.75, 3.05) is 31.1 Å². The van der Waals surface area contributed by atoms with Crippen molar-refractivity contribution >= 4 is 52.2 Å². The van der Waals surface area contributed by atoms with Gasteiger partial charge in [0.05, 0.1) is 16.1 Å². The Bertz CT molecular complexity index is 1570. The molecule has 1 saturated heterocycles. The van der Waals surface area contributed by atoms with Gasteiger partial charge in [-0.1, -0.05) is 35.7 Å². The quantitative estimate of drug-likeness (QED) is 0.423. The number of benzene rings is 2. The highest BCUT2D eigenvalue weighted by molar-refractivity contribution is 6.42. The van der Waals surface area contributed by atoms with Crippen LogP contribution in [0.5, 0.6) is 0 Å². The zero-order valence-electron chi connectivity index (χ0n) is 21.9. The molecule has 0 N–H and O–H groups in total. The van der Waals surface area contributed by atoms with Crippen LogP contribution in [0.3, 0.4) is 0 Å². The number of aliphatic imine (C=N–C) groups is 1. The van der Waals surface area contributed by atoms with Crippen molar-refractivity contribution in [2.24, 2.45) is 16.8 Å². The number of fused-ring (bicyclic) bond motifs is 1. The van der Waals surface area contributed by atoms with E-state index in [1.807, 2.05) is 0 Å². The van der Waals surface area contributed by atoms with E-state index in [0.29, 0.717) is 53.3 Å². The van der Waals surface area contributed by atoms with Gasteiger partial charge in [-0.25, -0.2) is 14.1 Å². The smallest absolute Gasteiger partial charge is 0.276 e. The molecule has 40 heavy (non-hydrogen) atoms. The third kappa shape index (κ3) is 4.65. The number of carbonyl (C=O) groups is 2. The zero-order valence-corrected chi connectivity index (χ0v) is 23.4. The number of nitrogens with zero attached hydrogens (tertiary/aromatic N) is 5. The molecule has 2 aliphatic heterocycles. The van der Waals surface area contributed by atoms with Gasteiger partial charge in [0.25, 0.3) is 11.5 Å². The van der Waals surface area contributed by atoms with Crippen LogP contribution in [0.25, 0.3) is 0 Å². The molecule has 2 unspecified atom stereocenters. The summed E-state index contributed by atoms with van der Waals surface area (Å²) in [5.74, 6) is -1.39. The Balaban J connectivity index is 1.37. The van der Waals surface area contributed by atoms with Crippen molar-refractivity contribution in [3.63, 3.8) is 0 Å². The Morgan fingerprint density at radius 2 is 1.62 bits per heavy atom. The van der Waals surface area contributed by atoms with Gasteiger partial charge in [0.15, 0.2) is 5.82 Å². The van der Waals surface area contributed by atoms with E-state index >= 15 is 0 Å². The molecule has 208 valence electrons. The molecule has 3 aromatic rings. The van der Waals surface area contributed by atoms with Crippen LogP contribution in [0.4, 0.5) is 15.9 Å². The normalized spacial score (nSPS) is 21.1. The van der Waals surface area contributed by atoms with Crippen molar-refractivity contribution in [1.82, 2.24) is 14.3 Å². The second-order valence-electron chi connectivity index (χ2n) is 10.6. The van der Waals surface area contributed by atoms with Crippen LogP contribution >= 0.6 is 23.2 Å². The maximum atomic E-state index is 14.2. The second kappa shape index (κ2) is 10.5. The number of aromatic nitrogens is 2. The molecule has 2 fully saturated rings. The fourth-order valence-electron chi connectivity index (χ4n) is 5.84. The molecule has 0 spiro atoms. The standard InChI is InChI=1S/C29H28Cl2FN5O3/c1-17-26(29(40)35-13-11-34(12-14-35)21-8-6-20(32)7-9-21)27(19-5-10-22(30)23(31)15-19)36-24(33-17)16-25(38)37(36)28(39)18-3-2-4-18/h5-10,15-16,18,26-27H,2-4,11-14H2,1H3. The summed E-state index contributed by atoms with van der Waals surface area (Å²) in [6.45, 7) is 3.86. The number of hydrogen-bond acceptors (Lipinski definition) is 5. The summed E-state index contributed by atoms with van der Waals surface area (Å²) in [4.78, 5) is 49.4. The lowest BCUT2D eigenvalue weighted by Crippen LogP contribution is -2.53. The second-order valence-corrected chi connectivity index (χ2v) is 11.4.